The molecule has 18 heavy (non-hydrogen) atoms. The van der Waals surface area contributed by atoms with Crippen LogP contribution in [0.25, 0.3) is 0 Å². The zero-order valence-electron chi connectivity index (χ0n) is 10.9. The highest BCUT2D eigenvalue weighted by atomic mass is 16.2. The summed E-state index contributed by atoms with van der Waals surface area (Å²) in [7, 11) is 0. The fourth-order valence-corrected chi connectivity index (χ4v) is 2.26. The Morgan fingerprint density at radius 3 is 2.61 bits per heavy atom. The van der Waals surface area contributed by atoms with E-state index in [2.05, 4.69) is 5.32 Å². The van der Waals surface area contributed by atoms with Crippen molar-refractivity contribution >= 4 is 5.91 Å². The number of nitrogens with one attached hydrogen (secondary N) is 1. The van der Waals surface area contributed by atoms with Gasteiger partial charge in [0.1, 0.15) is 5.56 Å². The van der Waals surface area contributed by atoms with Crippen molar-refractivity contribution in [3.63, 3.8) is 0 Å². The Kier molecular flexibility index (Phi) is 3.81. The highest BCUT2D eigenvalue weighted by Gasteiger charge is 2.21. The minimum atomic E-state index is -0.180. The van der Waals surface area contributed by atoms with Gasteiger partial charge in [0.05, 0.1) is 0 Å². The van der Waals surface area contributed by atoms with Crippen molar-refractivity contribution in [2.75, 3.05) is 26.2 Å². The lowest BCUT2D eigenvalue weighted by molar-refractivity contribution is 0.0733. The third-order valence-corrected chi connectivity index (χ3v) is 3.34. The number of carbonyl (C=O) groups is 1. The van der Waals surface area contributed by atoms with Crippen LogP contribution in [0.15, 0.2) is 16.9 Å². The van der Waals surface area contributed by atoms with Gasteiger partial charge >= 0.3 is 0 Å². The molecule has 1 fully saturated rings. The number of hydrogen-bond acceptors (Lipinski definition) is 3. The largest absolute Gasteiger partial charge is 0.336 e. The molecule has 0 radical (unpaired) electrons. The minimum absolute atomic E-state index is 0.149. The quantitative estimate of drug-likeness (QED) is 0.816. The number of carbonyl (C=O) groups excluding carboxylic acids is 1. The molecule has 2 heterocycles. The van der Waals surface area contributed by atoms with Crippen molar-refractivity contribution in [1.82, 2.24) is 14.8 Å². The van der Waals surface area contributed by atoms with Gasteiger partial charge in [-0.3, -0.25) is 9.59 Å². The van der Waals surface area contributed by atoms with Crippen molar-refractivity contribution in [3.05, 3.63) is 33.7 Å². The second-order valence-electron chi connectivity index (χ2n) is 4.48. The molecule has 1 aliphatic heterocycles. The molecule has 0 spiro atoms. The number of nitrogens with zero attached hydrogens (tertiary/aromatic N) is 2. The van der Waals surface area contributed by atoms with Crippen LogP contribution in [0, 0.1) is 6.92 Å². The summed E-state index contributed by atoms with van der Waals surface area (Å²) >= 11 is 0. The highest BCUT2D eigenvalue weighted by molar-refractivity contribution is 5.94. The van der Waals surface area contributed by atoms with Crippen LogP contribution in [0.4, 0.5) is 0 Å². The molecule has 0 unspecified atom stereocenters. The molecule has 1 saturated heterocycles. The first kappa shape index (κ1) is 12.8. The van der Waals surface area contributed by atoms with E-state index >= 15 is 0 Å². The molecule has 1 amide bonds. The van der Waals surface area contributed by atoms with E-state index in [0.717, 1.165) is 18.8 Å². The van der Waals surface area contributed by atoms with Gasteiger partial charge in [-0.15, -0.1) is 0 Å². The van der Waals surface area contributed by atoms with Crippen LogP contribution >= 0.6 is 0 Å². The molecule has 0 aliphatic carbocycles. The number of pyridine rings is 1. The molecule has 98 valence electrons. The van der Waals surface area contributed by atoms with Crippen LogP contribution in [0.3, 0.4) is 0 Å². The lowest BCUT2D eigenvalue weighted by Crippen LogP contribution is -2.48. The van der Waals surface area contributed by atoms with Gasteiger partial charge in [0.25, 0.3) is 11.5 Å². The second-order valence-corrected chi connectivity index (χ2v) is 4.48. The maximum atomic E-state index is 12.3. The normalized spacial score (nSPS) is 15.8. The summed E-state index contributed by atoms with van der Waals surface area (Å²) in [4.78, 5) is 26.2. The van der Waals surface area contributed by atoms with Gasteiger partial charge in [-0.05, 0) is 26.0 Å². The van der Waals surface area contributed by atoms with Gasteiger partial charge in [0.2, 0.25) is 0 Å². The Morgan fingerprint density at radius 1 is 1.33 bits per heavy atom. The summed E-state index contributed by atoms with van der Waals surface area (Å²) in [6, 6.07) is 3.48. The molecule has 1 N–H and O–H groups in total. The van der Waals surface area contributed by atoms with Crippen molar-refractivity contribution in [1.29, 1.82) is 0 Å². The van der Waals surface area contributed by atoms with Gasteiger partial charge in [-0.25, -0.2) is 0 Å². The van der Waals surface area contributed by atoms with Crippen LogP contribution < -0.4 is 10.9 Å². The van der Waals surface area contributed by atoms with E-state index in [-0.39, 0.29) is 17.0 Å². The summed E-state index contributed by atoms with van der Waals surface area (Å²) in [5.74, 6) is -0.149. The summed E-state index contributed by atoms with van der Waals surface area (Å²) in [5, 5.41) is 3.19. The smallest absolute Gasteiger partial charge is 0.263 e. The molecule has 0 atom stereocenters. The molecular formula is C13H19N3O2. The Labute approximate surface area is 106 Å². The van der Waals surface area contributed by atoms with E-state index in [4.69, 9.17) is 0 Å². The molecule has 1 aromatic rings. The Hall–Kier alpha value is -1.62. The Balaban J connectivity index is 2.33. The van der Waals surface area contributed by atoms with E-state index in [9.17, 15) is 9.59 Å². The van der Waals surface area contributed by atoms with Gasteiger partial charge in [-0.2, -0.15) is 0 Å². The fraction of sp³-hybridized carbons (Fsp3) is 0.538. The van der Waals surface area contributed by atoms with E-state index in [1.165, 1.54) is 0 Å². The summed E-state index contributed by atoms with van der Waals surface area (Å²) in [6.45, 7) is 7.29. The van der Waals surface area contributed by atoms with Crippen molar-refractivity contribution in [2.45, 2.75) is 20.4 Å². The molecule has 0 bridgehead atoms. The minimum Gasteiger partial charge on any atom is -0.336 e. The zero-order valence-corrected chi connectivity index (χ0v) is 10.9. The van der Waals surface area contributed by atoms with Gasteiger partial charge in [0.15, 0.2) is 0 Å². The second kappa shape index (κ2) is 5.35. The van der Waals surface area contributed by atoms with Crippen molar-refractivity contribution < 1.29 is 4.79 Å². The summed E-state index contributed by atoms with van der Waals surface area (Å²) in [5.41, 5.74) is 0.991. The molecular weight excluding hydrogens is 230 g/mol. The SMILES string of the molecule is CCn1c(C)ccc(C(=O)N2CCNCC2)c1=O. The number of rotatable bonds is 2. The first-order valence-corrected chi connectivity index (χ1v) is 6.35. The van der Waals surface area contributed by atoms with Crippen LogP contribution in [-0.4, -0.2) is 41.6 Å². The third kappa shape index (κ3) is 2.31. The first-order chi connectivity index (χ1) is 8.65. The molecule has 5 heteroatoms. The van der Waals surface area contributed by atoms with Crippen molar-refractivity contribution in [2.24, 2.45) is 0 Å². The molecule has 0 aromatic carbocycles. The van der Waals surface area contributed by atoms with Gasteiger partial charge in [-0.1, -0.05) is 0 Å². The monoisotopic (exact) mass is 249 g/mol. The summed E-state index contributed by atoms with van der Waals surface area (Å²) in [6.07, 6.45) is 0. The Bertz CT molecular complexity index is 501. The van der Waals surface area contributed by atoms with Gasteiger partial charge < -0.3 is 14.8 Å². The lowest BCUT2D eigenvalue weighted by Gasteiger charge is -2.27. The van der Waals surface area contributed by atoms with Gasteiger partial charge in [0, 0.05) is 38.4 Å². The fourth-order valence-electron chi connectivity index (χ4n) is 2.26. The zero-order chi connectivity index (χ0) is 13.1. The predicted octanol–water partition coefficient (Wildman–Crippen LogP) is 0.222. The van der Waals surface area contributed by atoms with Crippen LogP contribution in [0.2, 0.25) is 0 Å². The van der Waals surface area contributed by atoms with E-state index in [1.807, 2.05) is 19.9 Å². The Morgan fingerprint density at radius 2 is 2.00 bits per heavy atom. The summed E-state index contributed by atoms with van der Waals surface area (Å²) < 4.78 is 1.63. The maximum absolute atomic E-state index is 12.3. The van der Waals surface area contributed by atoms with Crippen molar-refractivity contribution in [3.8, 4) is 0 Å². The predicted molar refractivity (Wildman–Crippen MR) is 69.9 cm³/mol. The number of hydrogen-bond donors (Lipinski definition) is 1. The van der Waals surface area contributed by atoms with Crippen LogP contribution in [0.1, 0.15) is 23.0 Å². The third-order valence-electron chi connectivity index (χ3n) is 3.34. The van der Waals surface area contributed by atoms with Crippen LogP contribution in [0.5, 0.6) is 0 Å². The molecule has 2 rings (SSSR count). The average Bonchev–Trinajstić information content (AvgIpc) is 2.40. The molecule has 5 nitrogen and oxygen atoms in total. The lowest BCUT2D eigenvalue weighted by atomic mass is 10.2. The number of aryl methyl sites for hydroxylation is 1. The van der Waals surface area contributed by atoms with E-state index in [0.29, 0.717) is 19.6 Å². The van der Waals surface area contributed by atoms with Crippen LogP contribution in [-0.2, 0) is 6.54 Å². The standard InChI is InChI=1S/C13H19N3O2/c1-3-16-10(2)4-5-11(13(16)18)12(17)15-8-6-14-7-9-15/h4-5,14H,3,6-9H2,1-2H3. The first-order valence-electron chi connectivity index (χ1n) is 6.35. The van der Waals surface area contributed by atoms with E-state index in [1.54, 1.807) is 15.5 Å². The number of piperazine rings is 1. The average molecular weight is 249 g/mol. The number of amides is 1. The molecule has 1 aromatic heterocycles. The van der Waals surface area contributed by atoms with E-state index < -0.39 is 0 Å². The maximum Gasteiger partial charge on any atom is 0.263 e. The highest BCUT2D eigenvalue weighted by Crippen LogP contribution is 2.04. The number of aromatic nitrogens is 1. The topological polar surface area (TPSA) is 54.3 Å². The molecule has 0 saturated carbocycles. The molecule has 1 aliphatic rings.